The van der Waals surface area contributed by atoms with Crippen LogP contribution in [0.25, 0.3) is 0 Å². The fourth-order valence-electron chi connectivity index (χ4n) is 11.5. The molecule has 4 saturated heterocycles. The van der Waals surface area contributed by atoms with Crippen LogP contribution in [-0.4, -0.2) is 99.8 Å². The summed E-state index contributed by atoms with van der Waals surface area (Å²) in [5, 5.41) is 12.5. The van der Waals surface area contributed by atoms with Crippen molar-refractivity contribution in [1.82, 2.24) is 24.8 Å². The highest BCUT2D eigenvalue weighted by Gasteiger charge is 2.50. The molecule has 0 radical (unpaired) electrons. The number of piperidine rings is 2. The predicted molar refractivity (Wildman–Crippen MR) is 235 cm³/mol. The van der Waals surface area contributed by atoms with Crippen LogP contribution in [-0.2, 0) is 27.0 Å². The molecule has 19 heteroatoms. The number of hydrazine groups is 1. The summed E-state index contributed by atoms with van der Waals surface area (Å²) in [7, 11) is 0. The second-order valence-corrected chi connectivity index (χ2v) is 21.6. The lowest BCUT2D eigenvalue weighted by molar-refractivity contribution is -0.138. The number of hydrogen-bond donors (Lipinski definition) is 3. The van der Waals surface area contributed by atoms with E-state index in [4.69, 9.17) is 4.74 Å². The third-order valence-electron chi connectivity index (χ3n) is 15.5. The number of halogens is 4. The summed E-state index contributed by atoms with van der Waals surface area (Å²) in [6.45, 7) is 6.46. The number of likely N-dealkylation sites (tertiary alicyclic amines) is 2. The number of nitrogens with zero attached hydrogens (tertiary/aromatic N) is 5. The van der Waals surface area contributed by atoms with Crippen molar-refractivity contribution < 1.29 is 51.1 Å². The molecule has 5 fully saturated rings. The summed E-state index contributed by atoms with van der Waals surface area (Å²) in [5.74, 6) is -2.78. The fourth-order valence-corrected chi connectivity index (χ4v) is 13.6. The summed E-state index contributed by atoms with van der Waals surface area (Å²) in [5.41, 5.74) is -1.69. The molecule has 352 valence electrons. The average molecular weight is 944 g/mol. The van der Waals surface area contributed by atoms with Gasteiger partial charge in [0.2, 0.25) is 16.9 Å². The van der Waals surface area contributed by atoms with E-state index in [0.717, 1.165) is 80.6 Å². The van der Waals surface area contributed by atoms with Crippen molar-refractivity contribution in [3.8, 4) is 11.8 Å². The SMILES string of the molecule is CC1(C)C(=O)[SH](c2ccc(C#N)c(C(F)(F)F)c2)NN1c1ccc(C(=O)N2CCC3(CCC(N4CCC5(CC4)COc4cc6c(cc4C5)C(=O)N(C4CCC(=O)NC4=O)C6=O)CC3)C2)c(F)c1. The third-order valence-corrected chi connectivity index (χ3v) is 17.6. The first-order valence-corrected chi connectivity index (χ1v) is 24.0. The number of nitrogens with one attached hydrogen (secondary N) is 2. The van der Waals surface area contributed by atoms with E-state index >= 15 is 4.39 Å². The Labute approximate surface area is 386 Å². The topological polar surface area (TPSA) is 172 Å². The average Bonchev–Trinajstić information content (AvgIpc) is 3.90. The molecule has 3 aromatic rings. The molecule has 1 saturated carbocycles. The minimum absolute atomic E-state index is 0.0491. The summed E-state index contributed by atoms with van der Waals surface area (Å²) >= 11 is -2.02. The van der Waals surface area contributed by atoms with Gasteiger partial charge < -0.3 is 14.5 Å². The third kappa shape index (κ3) is 7.64. The first-order valence-electron chi connectivity index (χ1n) is 22.7. The molecule has 1 aliphatic carbocycles. The number of thiol groups is 1. The molecule has 2 N–H and O–H groups in total. The molecule has 14 nitrogen and oxygen atoms in total. The first-order chi connectivity index (χ1) is 31.8. The van der Waals surface area contributed by atoms with E-state index in [1.54, 1.807) is 36.9 Å². The number of alkyl halides is 3. The molecule has 5 amide bonds. The van der Waals surface area contributed by atoms with Crippen molar-refractivity contribution >= 4 is 51.4 Å². The molecule has 2 atom stereocenters. The van der Waals surface area contributed by atoms with Gasteiger partial charge in [-0.05, 0) is 144 Å². The molecule has 2 spiro atoms. The van der Waals surface area contributed by atoms with E-state index < -0.39 is 75.3 Å². The van der Waals surface area contributed by atoms with Gasteiger partial charge in [0.1, 0.15) is 23.1 Å². The number of imide groups is 2. The Hall–Kier alpha value is -5.84. The Balaban J connectivity index is 0.735. The molecule has 10 rings (SSSR count). The van der Waals surface area contributed by atoms with Crippen LogP contribution in [0.3, 0.4) is 0 Å². The Morgan fingerprint density at radius 1 is 0.881 bits per heavy atom. The first kappa shape index (κ1) is 45.0. The van der Waals surface area contributed by atoms with Gasteiger partial charge in [0, 0.05) is 35.9 Å². The van der Waals surface area contributed by atoms with Crippen molar-refractivity contribution in [2.75, 3.05) is 37.8 Å². The maximum atomic E-state index is 15.9. The van der Waals surface area contributed by atoms with Gasteiger partial charge in [0.15, 0.2) is 0 Å². The van der Waals surface area contributed by atoms with Crippen molar-refractivity contribution in [2.24, 2.45) is 10.8 Å². The quantitative estimate of drug-likeness (QED) is 0.151. The maximum Gasteiger partial charge on any atom is 0.417 e. The number of anilines is 1. The number of fused-ring (bicyclic) bond motifs is 2. The number of ether oxygens (including phenoxy) is 1. The van der Waals surface area contributed by atoms with Crippen LogP contribution in [0.15, 0.2) is 53.4 Å². The van der Waals surface area contributed by atoms with Gasteiger partial charge in [-0.2, -0.15) is 23.3 Å². The number of carbonyl (C=O) groups is 6. The van der Waals surface area contributed by atoms with Crippen molar-refractivity contribution in [1.29, 1.82) is 5.26 Å². The van der Waals surface area contributed by atoms with E-state index in [2.05, 4.69) is 15.0 Å². The van der Waals surface area contributed by atoms with Crippen LogP contribution in [0, 0.1) is 28.0 Å². The number of carbonyl (C=O) groups excluding carboxylic acids is 6. The normalized spacial score (nSPS) is 27.6. The zero-order chi connectivity index (χ0) is 47.4. The summed E-state index contributed by atoms with van der Waals surface area (Å²) in [6, 6.07) is 11.5. The lowest BCUT2D eigenvalue weighted by Crippen LogP contribution is -2.54. The monoisotopic (exact) mass is 943 g/mol. The van der Waals surface area contributed by atoms with Crippen LogP contribution < -0.4 is 19.9 Å². The van der Waals surface area contributed by atoms with Crippen molar-refractivity contribution in [2.45, 2.75) is 107 Å². The van der Waals surface area contributed by atoms with Crippen LogP contribution in [0.4, 0.5) is 23.2 Å². The number of hydrogen-bond acceptors (Lipinski definition) is 11. The number of nitriles is 1. The minimum atomic E-state index is -4.80. The second kappa shape index (κ2) is 16.2. The molecular weight excluding hydrogens is 895 g/mol. The van der Waals surface area contributed by atoms with Crippen LogP contribution in [0.2, 0.25) is 0 Å². The Morgan fingerprint density at radius 2 is 1.58 bits per heavy atom. The van der Waals surface area contributed by atoms with Gasteiger partial charge in [0.05, 0.1) is 46.2 Å². The smallest absolute Gasteiger partial charge is 0.417 e. The van der Waals surface area contributed by atoms with Crippen LogP contribution in [0.1, 0.15) is 119 Å². The zero-order valence-electron chi connectivity index (χ0n) is 36.9. The molecule has 6 heterocycles. The number of benzene rings is 3. The maximum absolute atomic E-state index is 15.9. The molecule has 0 bridgehead atoms. The number of amides is 5. The van der Waals surface area contributed by atoms with E-state index in [-0.39, 0.29) is 56.1 Å². The summed E-state index contributed by atoms with van der Waals surface area (Å²) in [6.07, 6.45) is 2.47. The molecular formula is C48H49F4N7O7S. The zero-order valence-corrected chi connectivity index (χ0v) is 37.8. The standard InChI is InChI=1S/C48H49F4N7O7S/c1-45(2)44(65)67(31-5-3-27(24-53)35(21-31)48(50,51)52)55-59(45)30-4-6-32(36(49)20-30)41(62)57-18-13-46(25-57)11-9-29(10-12-46)56-16-14-47(15-17-56)23-28-19-33-34(22-38(28)66-26-47)43(64)58(42(33)63)37-7-8-39(60)54-40(37)61/h3-6,19-22,29,37,55,67H,7-18,23,25-26H2,1-2H3,(H,54,60,61). The molecule has 2 unspecified atom stereocenters. The summed E-state index contributed by atoms with van der Waals surface area (Å²) < 4.78 is 63.5. The minimum Gasteiger partial charge on any atom is -0.493 e. The largest absolute Gasteiger partial charge is 0.493 e. The second-order valence-electron chi connectivity index (χ2n) is 19.8. The highest BCUT2D eigenvalue weighted by atomic mass is 32.2. The Kier molecular flexibility index (Phi) is 10.8. The van der Waals surface area contributed by atoms with Gasteiger partial charge in [-0.15, -0.1) is 0 Å². The molecule has 67 heavy (non-hydrogen) atoms. The van der Waals surface area contributed by atoms with Gasteiger partial charge in [-0.25, -0.2) is 4.39 Å². The lowest BCUT2D eigenvalue weighted by atomic mass is 9.70. The van der Waals surface area contributed by atoms with E-state index in [0.29, 0.717) is 37.9 Å². The number of rotatable bonds is 5. The highest BCUT2D eigenvalue weighted by molar-refractivity contribution is 8.28. The van der Waals surface area contributed by atoms with Gasteiger partial charge in [0.25, 0.3) is 17.7 Å². The molecule has 0 aromatic heterocycles. The Morgan fingerprint density at radius 3 is 2.25 bits per heavy atom. The van der Waals surface area contributed by atoms with Gasteiger partial charge in [-0.3, -0.25) is 44.0 Å². The predicted octanol–water partition coefficient (Wildman–Crippen LogP) is 6.21. The highest BCUT2D eigenvalue weighted by Crippen LogP contribution is 2.50. The fraction of sp³-hybridized carbons (Fsp3) is 0.479. The van der Waals surface area contributed by atoms with Crippen LogP contribution >= 0.6 is 11.1 Å². The van der Waals surface area contributed by atoms with Crippen LogP contribution in [0.5, 0.6) is 5.75 Å². The van der Waals surface area contributed by atoms with Gasteiger partial charge in [-0.1, -0.05) is 11.1 Å². The van der Waals surface area contributed by atoms with E-state index in [1.165, 1.54) is 29.3 Å². The molecule has 3 aromatic carbocycles. The lowest BCUT2D eigenvalue weighted by Gasteiger charge is -2.48. The van der Waals surface area contributed by atoms with E-state index in [9.17, 15) is 47.2 Å². The molecule has 6 aliphatic heterocycles. The van der Waals surface area contributed by atoms with Crippen molar-refractivity contribution in [3.05, 3.63) is 87.7 Å². The van der Waals surface area contributed by atoms with Gasteiger partial charge >= 0.3 is 6.18 Å². The molecule has 7 aliphatic rings. The Bertz CT molecular complexity index is 2710. The van der Waals surface area contributed by atoms with Crippen molar-refractivity contribution in [3.63, 3.8) is 0 Å². The summed E-state index contributed by atoms with van der Waals surface area (Å²) in [4.78, 5) is 86.9. The van der Waals surface area contributed by atoms with E-state index in [1.807, 2.05) is 0 Å².